The minimum Gasteiger partial charge on any atom is -0.496 e. The number of benzene rings is 3. The predicted octanol–water partition coefficient (Wildman–Crippen LogP) is 0.804. The number of halogens is 1. The largest absolute Gasteiger partial charge is 0.496 e. The molecule has 0 amide bonds. The molecule has 0 bridgehead atoms. The minimum absolute atomic E-state index is 0.677. The van der Waals surface area contributed by atoms with Crippen molar-refractivity contribution in [2.45, 2.75) is 0 Å². The number of para-hydroxylation sites is 2. The van der Waals surface area contributed by atoms with Gasteiger partial charge in [-0.3, -0.25) is 0 Å². The van der Waals surface area contributed by atoms with Crippen molar-refractivity contribution in [3.63, 3.8) is 0 Å². The Balaban J connectivity index is 0.000000491. The molecule has 0 aliphatic carbocycles. The van der Waals surface area contributed by atoms with Crippen LogP contribution in [0.5, 0.6) is 17.2 Å². The molecule has 0 saturated carbocycles. The molecule has 0 spiro atoms. The highest BCUT2D eigenvalue weighted by atomic mass is 35.7. The second-order valence-corrected chi connectivity index (χ2v) is 7.01. The number of rotatable bonds is 4. The van der Waals surface area contributed by atoms with E-state index in [0.717, 1.165) is 33.1 Å². The summed E-state index contributed by atoms with van der Waals surface area (Å²) >= 11 is 0. The third-order valence-corrected chi connectivity index (χ3v) is 4.50. The Kier molecular flexibility index (Phi) is 6.79. The molecule has 4 aromatic rings. The molecule has 0 aliphatic heterocycles. The molecule has 0 N–H and O–H groups in total. The molecule has 0 radical (unpaired) electrons. The van der Waals surface area contributed by atoms with Crippen molar-refractivity contribution in [2.24, 2.45) is 0 Å². The maximum atomic E-state index is 8.49. The fourth-order valence-electron chi connectivity index (χ4n) is 3.31. The van der Waals surface area contributed by atoms with Gasteiger partial charge in [-0.25, -0.2) is 23.1 Å². The molecule has 0 saturated heterocycles. The zero-order valence-corrected chi connectivity index (χ0v) is 17.7. The summed E-state index contributed by atoms with van der Waals surface area (Å²) in [5.74, 6) is 2.04. The first kappa shape index (κ1) is 22.5. The summed E-state index contributed by atoms with van der Waals surface area (Å²) in [6, 6.07) is 19.7. The average Bonchev–Trinajstić information content (AvgIpc) is 2.75. The molecule has 31 heavy (non-hydrogen) atoms. The van der Waals surface area contributed by atoms with Crippen LogP contribution in [0.1, 0.15) is 0 Å². The fraction of sp³-hybridized carbons (Fsp3) is 0.136. The van der Waals surface area contributed by atoms with Crippen molar-refractivity contribution in [2.75, 3.05) is 21.3 Å². The van der Waals surface area contributed by atoms with Crippen LogP contribution in [0.15, 0.2) is 65.1 Å². The molecule has 0 aliphatic rings. The lowest BCUT2D eigenvalue weighted by Gasteiger charge is -2.17. The molecule has 0 atom stereocenters. The Morgan fingerprint density at radius 1 is 0.645 bits per heavy atom. The van der Waals surface area contributed by atoms with Gasteiger partial charge in [-0.1, -0.05) is 24.3 Å². The van der Waals surface area contributed by atoms with Crippen LogP contribution in [-0.4, -0.2) is 21.3 Å². The Hall–Kier alpha value is -3.14. The normalized spacial score (nSPS) is 11.1. The van der Waals surface area contributed by atoms with Gasteiger partial charge in [0.2, 0.25) is 0 Å². The van der Waals surface area contributed by atoms with Gasteiger partial charge in [0.25, 0.3) is 0 Å². The van der Waals surface area contributed by atoms with E-state index in [2.05, 4.69) is 0 Å². The Bertz CT molecular complexity index is 1120. The van der Waals surface area contributed by atoms with Gasteiger partial charge >= 0.3 is 11.2 Å². The quantitative estimate of drug-likeness (QED) is 0.332. The molecule has 8 nitrogen and oxygen atoms in total. The summed E-state index contributed by atoms with van der Waals surface area (Å²) in [4.78, 5) is 0. The fourth-order valence-corrected chi connectivity index (χ4v) is 3.31. The van der Waals surface area contributed by atoms with E-state index in [1.54, 1.807) is 21.3 Å². The summed E-state index contributed by atoms with van der Waals surface area (Å²) in [6.45, 7) is 0. The van der Waals surface area contributed by atoms with Gasteiger partial charge in [0.1, 0.15) is 17.2 Å². The van der Waals surface area contributed by atoms with Crippen LogP contribution in [0.4, 0.5) is 0 Å². The average molecular weight is 447 g/mol. The molecule has 4 rings (SSSR count). The number of hydrogen-bond acceptors (Lipinski definition) is 7. The third kappa shape index (κ3) is 5.13. The van der Waals surface area contributed by atoms with Crippen LogP contribution >= 0.6 is 0 Å². The molecular weight excluding hydrogens is 428 g/mol. The highest BCUT2D eigenvalue weighted by Gasteiger charge is 2.25. The van der Waals surface area contributed by atoms with Crippen LogP contribution in [0.3, 0.4) is 0 Å². The highest BCUT2D eigenvalue weighted by Crippen LogP contribution is 2.47. The van der Waals surface area contributed by atoms with Gasteiger partial charge in [0, 0.05) is 29.8 Å². The Labute approximate surface area is 180 Å². The summed E-state index contributed by atoms with van der Waals surface area (Å²) < 4.78 is 56.8. The SMILES string of the molecule is COc1cc(OC)c(-c2c3ccccc3[o+]c3ccccc23)c(OC)c1.[O-][Cl+3]([O-])([O-])[O-]. The molecule has 9 heteroatoms. The Morgan fingerprint density at radius 2 is 1.06 bits per heavy atom. The van der Waals surface area contributed by atoms with E-state index in [1.165, 1.54) is 0 Å². The van der Waals surface area contributed by atoms with Crippen molar-refractivity contribution >= 4 is 21.9 Å². The maximum absolute atomic E-state index is 8.49. The van der Waals surface area contributed by atoms with Gasteiger partial charge in [-0.15, -0.1) is 10.2 Å². The lowest BCUT2D eigenvalue weighted by atomic mass is 9.95. The van der Waals surface area contributed by atoms with Crippen LogP contribution in [0.2, 0.25) is 0 Å². The van der Waals surface area contributed by atoms with E-state index in [9.17, 15) is 0 Å². The summed E-state index contributed by atoms with van der Waals surface area (Å²) in [5.41, 5.74) is 3.50. The van der Waals surface area contributed by atoms with Crippen LogP contribution in [0.25, 0.3) is 33.1 Å². The van der Waals surface area contributed by atoms with Gasteiger partial charge < -0.3 is 14.2 Å². The Morgan fingerprint density at radius 3 is 1.45 bits per heavy atom. The van der Waals surface area contributed by atoms with Crippen LogP contribution in [-0.2, 0) is 0 Å². The highest BCUT2D eigenvalue weighted by molar-refractivity contribution is 6.10. The van der Waals surface area contributed by atoms with E-state index in [4.69, 9.17) is 37.3 Å². The third-order valence-electron chi connectivity index (χ3n) is 4.50. The van der Waals surface area contributed by atoms with E-state index < -0.39 is 10.2 Å². The summed E-state index contributed by atoms with van der Waals surface area (Å²) in [6.07, 6.45) is 0. The predicted molar refractivity (Wildman–Crippen MR) is 103 cm³/mol. The molecular formula is C22H19ClO8. The van der Waals surface area contributed by atoms with E-state index in [-0.39, 0.29) is 0 Å². The number of methoxy groups -OCH3 is 3. The first-order valence-corrected chi connectivity index (χ1v) is 10.2. The topological polar surface area (TPSA) is 131 Å². The number of fused-ring (bicyclic) bond motifs is 2. The molecule has 0 unspecified atom stereocenters. The lowest BCUT2D eigenvalue weighted by molar-refractivity contribution is -2.00. The zero-order valence-electron chi connectivity index (χ0n) is 16.9. The maximum Gasteiger partial charge on any atom is 0.361 e. The standard InChI is InChI=1S/C22H19O4.ClHO4/c1-23-14-12-19(24-2)22(20(13-14)25-3)21-15-8-4-6-10-17(15)26-18-11-7-5-9-16(18)21;2-1(3,4)5/h4-13H,1-3H3;(H,2,3,4,5)/q+1;/p-1. The second-order valence-electron chi connectivity index (χ2n) is 6.25. The first-order valence-electron chi connectivity index (χ1n) is 8.92. The molecule has 1 heterocycles. The van der Waals surface area contributed by atoms with Crippen molar-refractivity contribution in [3.05, 3.63) is 60.7 Å². The van der Waals surface area contributed by atoms with E-state index in [1.807, 2.05) is 60.7 Å². The van der Waals surface area contributed by atoms with Crippen molar-refractivity contribution < 1.29 is 47.5 Å². The molecule has 0 fully saturated rings. The van der Waals surface area contributed by atoms with Crippen LogP contribution < -0.4 is 32.8 Å². The smallest absolute Gasteiger partial charge is 0.361 e. The van der Waals surface area contributed by atoms with Gasteiger partial charge in [0.15, 0.2) is 0 Å². The molecule has 3 aromatic carbocycles. The lowest BCUT2D eigenvalue weighted by Crippen LogP contribution is -2.68. The van der Waals surface area contributed by atoms with Crippen molar-refractivity contribution in [1.82, 2.24) is 0 Å². The van der Waals surface area contributed by atoms with Gasteiger partial charge in [-0.2, -0.15) is 0 Å². The number of hydrogen-bond donors (Lipinski definition) is 0. The monoisotopic (exact) mass is 446 g/mol. The van der Waals surface area contributed by atoms with E-state index >= 15 is 0 Å². The van der Waals surface area contributed by atoms with Gasteiger partial charge in [0.05, 0.1) is 37.7 Å². The summed E-state index contributed by atoms with van der Waals surface area (Å²) in [7, 11) is -0.0229. The minimum atomic E-state index is -4.94. The first-order chi connectivity index (χ1) is 14.8. The zero-order chi connectivity index (χ0) is 22.6. The van der Waals surface area contributed by atoms with Gasteiger partial charge in [-0.05, 0) is 12.1 Å². The van der Waals surface area contributed by atoms with Crippen molar-refractivity contribution in [1.29, 1.82) is 0 Å². The second kappa shape index (κ2) is 9.34. The number of ether oxygens (including phenoxy) is 3. The molecule has 1 aromatic heterocycles. The van der Waals surface area contributed by atoms with Crippen molar-refractivity contribution in [3.8, 4) is 28.4 Å². The van der Waals surface area contributed by atoms with Crippen LogP contribution in [0, 0.1) is 10.2 Å². The summed E-state index contributed by atoms with van der Waals surface area (Å²) in [5, 5.41) is 1.99. The molecule has 162 valence electrons. The van der Waals surface area contributed by atoms with E-state index in [0.29, 0.717) is 17.2 Å².